The summed E-state index contributed by atoms with van der Waals surface area (Å²) < 4.78 is 5.16. The van der Waals surface area contributed by atoms with Crippen molar-refractivity contribution in [3.8, 4) is 0 Å². The molecule has 6 heteroatoms. The van der Waals surface area contributed by atoms with Gasteiger partial charge >= 0.3 is 6.09 Å². The number of carbonyl (C=O) groups excluding carboxylic acids is 2. The van der Waals surface area contributed by atoms with Crippen molar-refractivity contribution in [1.29, 1.82) is 0 Å². The molecular formula is C19H27N3O3. The standard InChI is InChI=1S/C19H27N3O3/c1-18(2,3)25-17(24)20-12-16(23)22-10-8-19(9-11-22)13-21-15-7-5-4-6-14(15)19/h4-7,21H,8-13H2,1-3H3,(H,20,24). The van der Waals surface area contributed by atoms with Gasteiger partial charge in [0.05, 0.1) is 0 Å². The van der Waals surface area contributed by atoms with Gasteiger partial charge in [-0.3, -0.25) is 4.79 Å². The monoisotopic (exact) mass is 345 g/mol. The number of rotatable bonds is 2. The van der Waals surface area contributed by atoms with E-state index in [1.807, 2.05) is 11.0 Å². The Morgan fingerprint density at radius 2 is 1.92 bits per heavy atom. The predicted octanol–water partition coefficient (Wildman–Crippen LogP) is 2.50. The maximum atomic E-state index is 12.4. The Morgan fingerprint density at radius 1 is 1.24 bits per heavy atom. The fourth-order valence-electron chi connectivity index (χ4n) is 3.66. The lowest BCUT2D eigenvalue weighted by atomic mass is 9.74. The lowest BCUT2D eigenvalue weighted by molar-refractivity contribution is -0.131. The summed E-state index contributed by atoms with van der Waals surface area (Å²) in [7, 11) is 0. The van der Waals surface area contributed by atoms with E-state index >= 15 is 0 Å². The first kappa shape index (κ1) is 17.6. The van der Waals surface area contributed by atoms with Gasteiger partial charge in [0.1, 0.15) is 12.1 Å². The molecule has 136 valence electrons. The summed E-state index contributed by atoms with van der Waals surface area (Å²) in [6.07, 6.45) is 1.33. The second-order valence-electron chi connectivity index (χ2n) is 7.92. The highest BCUT2D eigenvalue weighted by molar-refractivity contribution is 5.82. The van der Waals surface area contributed by atoms with E-state index in [-0.39, 0.29) is 17.9 Å². The van der Waals surface area contributed by atoms with E-state index in [9.17, 15) is 9.59 Å². The van der Waals surface area contributed by atoms with Gasteiger partial charge in [-0.15, -0.1) is 0 Å². The van der Waals surface area contributed by atoms with E-state index < -0.39 is 11.7 Å². The number of para-hydroxylation sites is 1. The summed E-state index contributed by atoms with van der Waals surface area (Å²) >= 11 is 0. The number of anilines is 1. The zero-order chi connectivity index (χ0) is 18.1. The summed E-state index contributed by atoms with van der Waals surface area (Å²) in [5.74, 6) is -0.0556. The largest absolute Gasteiger partial charge is 0.444 e. The average Bonchev–Trinajstić information content (AvgIpc) is 2.91. The molecule has 25 heavy (non-hydrogen) atoms. The van der Waals surface area contributed by atoms with Crippen LogP contribution >= 0.6 is 0 Å². The minimum absolute atomic E-state index is 0.0171. The zero-order valence-corrected chi connectivity index (χ0v) is 15.2. The fourth-order valence-corrected chi connectivity index (χ4v) is 3.66. The normalized spacial score (nSPS) is 18.4. The second kappa shape index (κ2) is 6.58. The number of nitrogens with one attached hydrogen (secondary N) is 2. The lowest BCUT2D eigenvalue weighted by Crippen LogP contribution is -2.49. The Morgan fingerprint density at radius 3 is 2.60 bits per heavy atom. The van der Waals surface area contributed by atoms with Crippen LogP contribution in [0.15, 0.2) is 24.3 Å². The minimum atomic E-state index is -0.562. The number of ether oxygens (including phenoxy) is 1. The van der Waals surface area contributed by atoms with Gasteiger partial charge in [-0.25, -0.2) is 4.79 Å². The summed E-state index contributed by atoms with van der Waals surface area (Å²) in [5, 5.41) is 6.04. The first-order valence-electron chi connectivity index (χ1n) is 8.87. The number of benzene rings is 1. The van der Waals surface area contributed by atoms with Gasteiger partial charge in [-0.1, -0.05) is 18.2 Å². The van der Waals surface area contributed by atoms with Crippen LogP contribution in [0.1, 0.15) is 39.2 Å². The van der Waals surface area contributed by atoms with E-state index in [0.717, 1.165) is 19.4 Å². The zero-order valence-electron chi connectivity index (χ0n) is 15.2. The summed E-state index contributed by atoms with van der Waals surface area (Å²) in [6, 6.07) is 8.44. The molecule has 2 aliphatic rings. The van der Waals surface area contributed by atoms with Crippen molar-refractivity contribution in [2.75, 3.05) is 31.5 Å². The molecule has 0 radical (unpaired) electrons. The van der Waals surface area contributed by atoms with E-state index in [1.54, 1.807) is 20.8 Å². The first-order valence-corrected chi connectivity index (χ1v) is 8.87. The lowest BCUT2D eigenvalue weighted by Gasteiger charge is -2.39. The van der Waals surface area contributed by atoms with Crippen LogP contribution in [-0.2, 0) is 14.9 Å². The van der Waals surface area contributed by atoms with Crippen molar-refractivity contribution in [1.82, 2.24) is 10.2 Å². The van der Waals surface area contributed by atoms with Crippen molar-refractivity contribution in [3.05, 3.63) is 29.8 Å². The molecule has 0 unspecified atom stereocenters. The Labute approximate surface area is 148 Å². The third-order valence-corrected chi connectivity index (χ3v) is 4.97. The highest BCUT2D eigenvalue weighted by atomic mass is 16.6. The van der Waals surface area contributed by atoms with Crippen LogP contribution in [0.25, 0.3) is 0 Å². The number of amides is 2. The van der Waals surface area contributed by atoms with Crippen molar-refractivity contribution >= 4 is 17.7 Å². The molecule has 1 saturated heterocycles. The minimum Gasteiger partial charge on any atom is -0.444 e. The smallest absolute Gasteiger partial charge is 0.408 e. The second-order valence-corrected chi connectivity index (χ2v) is 7.92. The molecule has 1 aromatic carbocycles. The van der Waals surface area contributed by atoms with Crippen molar-refractivity contribution in [2.45, 2.75) is 44.6 Å². The molecule has 0 atom stereocenters. The number of hydrogen-bond acceptors (Lipinski definition) is 4. The van der Waals surface area contributed by atoms with Gasteiger partial charge in [0.15, 0.2) is 0 Å². The predicted molar refractivity (Wildman–Crippen MR) is 96.7 cm³/mol. The number of piperidine rings is 1. The Bertz CT molecular complexity index is 658. The molecule has 0 bridgehead atoms. The number of likely N-dealkylation sites (tertiary alicyclic amines) is 1. The summed E-state index contributed by atoms with van der Waals surface area (Å²) in [6.45, 7) is 7.74. The van der Waals surface area contributed by atoms with Gasteiger partial charge in [0.2, 0.25) is 5.91 Å². The third-order valence-electron chi connectivity index (χ3n) is 4.97. The molecule has 2 aliphatic heterocycles. The Balaban J connectivity index is 1.51. The highest BCUT2D eigenvalue weighted by Crippen LogP contribution is 2.43. The van der Waals surface area contributed by atoms with Crippen molar-refractivity contribution < 1.29 is 14.3 Å². The molecule has 1 fully saturated rings. The molecule has 0 aliphatic carbocycles. The number of carbonyl (C=O) groups is 2. The van der Waals surface area contributed by atoms with Crippen LogP contribution in [0.2, 0.25) is 0 Å². The van der Waals surface area contributed by atoms with Crippen LogP contribution in [0.4, 0.5) is 10.5 Å². The Kier molecular flexibility index (Phi) is 4.62. The number of fused-ring (bicyclic) bond motifs is 2. The molecule has 2 heterocycles. The molecule has 0 aromatic heterocycles. The fraction of sp³-hybridized carbons (Fsp3) is 0.579. The molecule has 0 saturated carbocycles. The van der Waals surface area contributed by atoms with E-state index in [1.165, 1.54) is 11.3 Å². The quantitative estimate of drug-likeness (QED) is 0.864. The maximum Gasteiger partial charge on any atom is 0.408 e. The van der Waals surface area contributed by atoms with Crippen molar-refractivity contribution in [2.24, 2.45) is 0 Å². The number of nitrogens with zero attached hydrogens (tertiary/aromatic N) is 1. The average molecular weight is 345 g/mol. The molecular weight excluding hydrogens is 318 g/mol. The van der Waals surface area contributed by atoms with Crippen LogP contribution in [0.3, 0.4) is 0 Å². The van der Waals surface area contributed by atoms with E-state index in [0.29, 0.717) is 13.1 Å². The SMILES string of the molecule is CC(C)(C)OC(=O)NCC(=O)N1CCC2(CC1)CNc1ccccc12. The molecule has 1 spiro atoms. The van der Waals surface area contributed by atoms with E-state index in [2.05, 4.69) is 28.8 Å². The number of hydrogen-bond donors (Lipinski definition) is 2. The van der Waals surface area contributed by atoms with Gasteiger partial charge in [0.25, 0.3) is 0 Å². The van der Waals surface area contributed by atoms with Gasteiger partial charge < -0.3 is 20.3 Å². The molecule has 2 N–H and O–H groups in total. The first-order chi connectivity index (χ1) is 11.8. The Hall–Kier alpha value is -2.24. The topological polar surface area (TPSA) is 70.7 Å². The molecule has 1 aromatic rings. The molecule has 2 amide bonds. The van der Waals surface area contributed by atoms with Gasteiger partial charge in [-0.05, 0) is 45.2 Å². The third kappa shape index (κ3) is 3.89. The van der Waals surface area contributed by atoms with Crippen LogP contribution in [0, 0.1) is 0 Å². The summed E-state index contributed by atoms with van der Waals surface area (Å²) in [5.41, 5.74) is 2.15. The number of alkyl carbamates (subject to hydrolysis) is 1. The van der Waals surface area contributed by atoms with Crippen LogP contribution in [-0.4, -0.2) is 48.7 Å². The van der Waals surface area contributed by atoms with Gasteiger partial charge in [-0.2, -0.15) is 0 Å². The van der Waals surface area contributed by atoms with Crippen LogP contribution in [0.5, 0.6) is 0 Å². The molecule has 3 rings (SSSR count). The maximum absolute atomic E-state index is 12.4. The van der Waals surface area contributed by atoms with E-state index in [4.69, 9.17) is 4.74 Å². The van der Waals surface area contributed by atoms with Crippen molar-refractivity contribution in [3.63, 3.8) is 0 Å². The highest BCUT2D eigenvalue weighted by Gasteiger charge is 2.41. The van der Waals surface area contributed by atoms with Crippen LogP contribution < -0.4 is 10.6 Å². The summed E-state index contributed by atoms with van der Waals surface area (Å²) in [4.78, 5) is 25.9. The van der Waals surface area contributed by atoms with Gasteiger partial charge in [0, 0.05) is 30.7 Å². The molecule has 6 nitrogen and oxygen atoms in total.